The third-order valence-corrected chi connectivity index (χ3v) is 3.03. The molecule has 1 amide bonds. The SMILES string of the molecule is CC(C)(C)NC(=O)Cn1c(=S)[nH]c2ccccc2c1=O. The van der Waals surface area contributed by atoms with Crippen molar-refractivity contribution < 1.29 is 4.79 Å². The molecule has 2 rings (SSSR count). The summed E-state index contributed by atoms with van der Waals surface area (Å²) in [5.41, 5.74) is 0.0754. The number of benzene rings is 1. The number of aromatic nitrogens is 2. The molecule has 106 valence electrons. The lowest BCUT2D eigenvalue weighted by molar-refractivity contribution is -0.123. The average molecular weight is 291 g/mol. The van der Waals surface area contributed by atoms with Crippen LogP contribution in [-0.2, 0) is 11.3 Å². The summed E-state index contributed by atoms with van der Waals surface area (Å²) >= 11 is 5.15. The van der Waals surface area contributed by atoms with Gasteiger partial charge in [-0.15, -0.1) is 0 Å². The van der Waals surface area contributed by atoms with Gasteiger partial charge < -0.3 is 10.3 Å². The molecule has 2 aromatic rings. The van der Waals surface area contributed by atoms with E-state index in [-0.39, 0.29) is 28.3 Å². The maximum Gasteiger partial charge on any atom is 0.262 e. The van der Waals surface area contributed by atoms with Gasteiger partial charge in [0.15, 0.2) is 4.77 Å². The van der Waals surface area contributed by atoms with Crippen molar-refractivity contribution in [1.29, 1.82) is 0 Å². The van der Waals surface area contributed by atoms with Gasteiger partial charge >= 0.3 is 0 Å². The zero-order valence-corrected chi connectivity index (χ0v) is 12.5. The molecule has 0 radical (unpaired) electrons. The Morgan fingerprint density at radius 1 is 1.35 bits per heavy atom. The molecular formula is C14H17N3O2S. The summed E-state index contributed by atoms with van der Waals surface area (Å²) in [4.78, 5) is 27.2. The summed E-state index contributed by atoms with van der Waals surface area (Å²) in [5.74, 6) is -0.241. The second-order valence-corrected chi connectivity index (χ2v) is 6.05. The van der Waals surface area contributed by atoms with Crippen LogP contribution in [0, 0.1) is 4.77 Å². The van der Waals surface area contributed by atoms with Crippen LogP contribution in [0.1, 0.15) is 20.8 Å². The monoisotopic (exact) mass is 291 g/mol. The van der Waals surface area contributed by atoms with E-state index >= 15 is 0 Å². The Hall–Kier alpha value is -1.95. The molecule has 0 aliphatic rings. The van der Waals surface area contributed by atoms with Crippen LogP contribution in [0.25, 0.3) is 10.9 Å². The van der Waals surface area contributed by atoms with E-state index < -0.39 is 0 Å². The van der Waals surface area contributed by atoms with E-state index in [9.17, 15) is 9.59 Å². The third kappa shape index (κ3) is 3.14. The summed E-state index contributed by atoms with van der Waals surface area (Å²) in [6.07, 6.45) is 0. The number of hydrogen-bond acceptors (Lipinski definition) is 3. The highest BCUT2D eigenvalue weighted by molar-refractivity contribution is 7.71. The van der Waals surface area contributed by atoms with Gasteiger partial charge in [0, 0.05) is 5.54 Å². The Morgan fingerprint density at radius 2 is 2.00 bits per heavy atom. The van der Waals surface area contributed by atoms with Gasteiger partial charge in [0.25, 0.3) is 5.56 Å². The zero-order valence-electron chi connectivity index (χ0n) is 11.7. The summed E-state index contributed by atoms with van der Waals surface area (Å²) in [5, 5.41) is 3.33. The lowest BCUT2D eigenvalue weighted by Crippen LogP contribution is -2.43. The highest BCUT2D eigenvalue weighted by Crippen LogP contribution is 2.06. The van der Waals surface area contributed by atoms with Crippen molar-refractivity contribution in [3.05, 3.63) is 39.4 Å². The molecule has 0 unspecified atom stereocenters. The van der Waals surface area contributed by atoms with Crippen LogP contribution >= 0.6 is 12.2 Å². The van der Waals surface area contributed by atoms with Crippen molar-refractivity contribution in [2.75, 3.05) is 0 Å². The zero-order chi connectivity index (χ0) is 14.9. The van der Waals surface area contributed by atoms with Gasteiger partial charge in [0.1, 0.15) is 6.54 Å². The van der Waals surface area contributed by atoms with Gasteiger partial charge in [0.2, 0.25) is 5.91 Å². The van der Waals surface area contributed by atoms with Crippen LogP contribution in [0.2, 0.25) is 0 Å². The summed E-state index contributed by atoms with van der Waals surface area (Å²) in [6, 6.07) is 7.09. The van der Waals surface area contributed by atoms with E-state index in [0.29, 0.717) is 10.9 Å². The Kier molecular flexibility index (Phi) is 3.76. The summed E-state index contributed by atoms with van der Waals surface area (Å²) in [6.45, 7) is 5.56. The number of fused-ring (bicyclic) bond motifs is 1. The molecule has 1 aromatic carbocycles. The Labute approximate surface area is 121 Å². The van der Waals surface area contributed by atoms with Crippen LogP contribution in [0.15, 0.2) is 29.1 Å². The topological polar surface area (TPSA) is 66.9 Å². The molecular weight excluding hydrogens is 274 g/mol. The quantitative estimate of drug-likeness (QED) is 0.831. The van der Waals surface area contributed by atoms with E-state index in [1.165, 1.54) is 4.57 Å². The molecule has 0 bridgehead atoms. The number of H-pyrrole nitrogens is 1. The number of rotatable bonds is 2. The van der Waals surface area contributed by atoms with Gasteiger partial charge in [-0.25, -0.2) is 0 Å². The minimum Gasteiger partial charge on any atom is -0.350 e. The first-order chi connectivity index (χ1) is 9.28. The van der Waals surface area contributed by atoms with Crippen molar-refractivity contribution in [2.45, 2.75) is 32.9 Å². The number of nitrogens with zero attached hydrogens (tertiary/aromatic N) is 1. The fourth-order valence-electron chi connectivity index (χ4n) is 1.94. The van der Waals surface area contributed by atoms with Crippen molar-refractivity contribution in [3.63, 3.8) is 0 Å². The molecule has 20 heavy (non-hydrogen) atoms. The number of aromatic amines is 1. The van der Waals surface area contributed by atoms with Crippen molar-refractivity contribution in [1.82, 2.24) is 14.9 Å². The largest absolute Gasteiger partial charge is 0.350 e. The van der Waals surface area contributed by atoms with Crippen LogP contribution in [0.5, 0.6) is 0 Å². The summed E-state index contributed by atoms with van der Waals surface area (Å²) in [7, 11) is 0. The summed E-state index contributed by atoms with van der Waals surface area (Å²) < 4.78 is 1.52. The number of carbonyl (C=O) groups excluding carboxylic acids is 1. The maximum atomic E-state index is 12.3. The van der Waals surface area contributed by atoms with Gasteiger partial charge in [-0.2, -0.15) is 0 Å². The Balaban J connectivity index is 2.43. The van der Waals surface area contributed by atoms with Gasteiger partial charge in [-0.1, -0.05) is 12.1 Å². The molecule has 0 aliphatic heterocycles. The van der Waals surface area contributed by atoms with E-state index in [1.807, 2.05) is 26.8 Å². The number of hydrogen-bond donors (Lipinski definition) is 2. The second kappa shape index (κ2) is 5.20. The predicted octanol–water partition coefficient (Wildman–Crippen LogP) is 1.97. The Morgan fingerprint density at radius 3 is 2.65 bits per heavy atom. The number of amides is 1. The van der Waals surface area contributed by atoms with Crippen molar-refractivity contribution in [3.8, 4) is 0 Å². The molecule has 6 heteroatoms. The lowest BCUT2D eigenvalue weighted by Gasteiger charge is -2.20. The molecule has 1 heterocycles. The number of para-hydroxylation sites is 1. The maximum absolute atomic E-state index is 12.3. The standard InChI is InChI=1S/C14H17N3O2S/c1-14(2,3)16-11(18)8-17-12(19)9-6-4-5-7-10(9)15-13(17)20/h4-7H,8H2,1-3H3,(H,15,20)(H,16,18). The number of carbonyl (C=O) groups is 1. The van der Waals surface area contributed by atoms with E-state index in [0.717, 1.165) is 0 Å². The van der Waals surface area contributed by atoms with E-state index in [2.05, 4.69) is 10.3 Å². The minimum atomic E-state index is -0.344. The first kappa shape index (κ1) is 14.5. The van der Waals surface area contributed by atoms with Gasteiger partial charge in [-0.3, -0.25) is 14.2 Å². The van der Waals surface area contributed by atoms with Crippen LogP contribution < -0.4 is 10.9 Å². The fraction of sp³-hybridized carbons (Fsp3) is 0.357. The van der Waals surface area contributed by atoms with E-state index in [4.69, 9.17) is 12.2 Å². The Bertz CT molecular complexity index is 768. The fourth-order valence-corrected chi connectivity index (χ4v) is 2.20. The molecule has 1 aromatic heterocycles. The lowest BCUT2D eigenvalue weighted by atomic mass is 10.1. The number of nitrogens with one attached hydrogen (secondary N) is 2. The minimum absolute atomic E-state index is 0.0870. The first-order valence-corrected chi connectivity index (χ1v) is 6.71. The molecule has 0 fully saturated rings. The second-order valence-electron chi connectivity index (χ2n) is 5.67. The van der Waals surface area contributed by atoms with Crippen molar-refractivity contribution in [2.24, 2.45) is 0 Å². The third-order valence-electron chi connectivity index (χ3n) is 2.71. The highest BCUT2D eigenvalue weighted by atomic mass is 32.1. The van der Waals surface area contributed by atoms with Gasteiger partial charge in [-0.05, 0) is 45.1 Å². The molecule has 5 nitrogen and oxygen atoms in total. The average Bonchev–Trinajstić information content (AvgIpc) is 2.32. The molecule has 2 N–H and O–H groups in total. The molecule has 0 saturated carbocycles. The molecule has 0 aliphatic carbocycles. The van der Waals surface area contributed by atoms with Crippen LogP contribution in [0.3, 0.4) is 0 Å². The highest BCUT2D eigenvalue weighted by Gasteiger charge is 2.15. The van der Waals surface area contributed by atoms with E-state index in [1.54, 1.807) is 18.2 Å². The van der Waals surface area contributed by atoms with Crippen LogP contribution in [-0.4, -0.2) is 21.0 Å². The van der Waals surface area contributed by atoms with Crippen LogP contribution in [0.4, 0.5) is 0 Å². The normalized spacial score (nSPS) is 11.6. The molecule has 0 saturated heterocycles. The first-order valence-electron chi connectivity index (χ1n) is 6.31. The predicted molar refractivity (Wildman–Crippen MR) is 81.3 cm³/mol. The smallest absolute Gasteiger partial charge is 0.262 e. The van der Waals surface area contributed by atoms with Crippen molar-refractivity contribution >= 4 is 29.0 Å². The van der Waals surface area contributed by atoms with Gasteiger partial charge in [0.05, 0.1) is 10.9 Å². The molecule has 0 spiro atoms. The molecule has 0 atom stereocenters.